The van der Waals surface area contributed by atoms with Gasteiger partial charge in [0.15, 0.2) is 0 Å². The van der Waals surface area contributed by atoms with E-state index in [1.54, 1.807) is 12.1 Å². The fraction of sp³-hybridized carbons (Fsp3) is 0.200. The first-order chi connectivity index (χ1) is 7.63. The van der Waals surface area contributed by atoms with Crippen molar-refractivity contribution in [2.45, 2.75) is 0 Å². The zero-order chi connectivity index (χ0) is 12.0. The van der Waals surface area contributed by atoms with Gasteiger partial charge in [-0.2, -0.15) is 0 Å². The van der Waals surface area contributed by atoms with Crippen LogP contribution in [0.1, 0.15) is 14.5 Å². The Labute approximate surface area is 96.8 Å². The standard InChI is InChI=1S/C10H11N3O2S/c11-5-1-2-7-3-4-8(16-7)10(15)13-6-9(12)14/h3-4H,5-6,11H2,(H2,12,14)(H,13,15). The third-order valence-electron chi connectivity index (χ3n) is 1.57. The van der Waals surface area contributed by atoms with E-state index in [9.17, 15) is 9.59 Å². The summed E-state index contributed by atoms with van der Waals surface area (Å²) in [6, 6.07) is 3.37. The number of amides is 2. The predicted octanol–water partition coefficient (Wildman–Crippen LogP) is -0.727. The fourth-order valence-corrected chi connectivity index (χ4v) is 1.72. The van der Waals surface area contributed by atoms with Crippen molar-refractivity contribution in [2.24, 2.45) is 11.5 Å². The molecular weight excluding hydrogens is 226 g/mol. The molecule has 0 aromatic carbocycles. The molecule has 0 unspecified atom stereocenters. The summed E-state index contributed by atoms with van der Waals surface area (Å²) in [5, 5.41) is 2.39. The molecule has 0 atom stereocenters. The minimum Gasteiger partial charge on any atom is -0.368 e. The summed E-state index contributed by atoms with van der Waals surface area (Å²) >= 11 is 1.24. The summed E-state index contributed by atoms with van der Waals surface area (Å²) < 4.78 is 0. The van der Waals surface area contributed by atoms with E-state index in [4.69, 9.17) is 11.5 Å². The molecule has 0 fully saturated rings. The minimum absolute atomic E-state index is 0.166. The molecule has 0 radical (unpaired) electrons. The van der Waals surface area contributed by atoms with Gasteiger partial charge in [-0.3, -0.25) is 9.59 Å². The first-order valence-corrected chi connectivity index (χ1v) is 5.30. The molecule has 0 saturated carbocycles. The average molecular weight is 237 g/mol. The third kappa shape index (κ3) is 3.73. The second kappa shape index (κ2) is 5.90. The Kier molecular flexibility index (Phi) is 4.51. The minimum atomic E-state index is -0.576. The van der Waals surface area contributed by atoms with Crippen LogP contribution in [0.25, 0.3) is 0 Å². The largest absolute Gasteiger partial charge is 0.368 e. The summed E-state index contributed by atoms with van der Waals surface area (Å²) in [6.07, 6.45) is 0. The highest BCUT2D eigenvalue weighted by molar-refractivity contribution is 7.14. The van der Waals surface area contributed by atoms with E-state index in [-0.39, 0.29) is 19.0 Å². The molecule has 0 saturated heterocycles. The maximum absolute atomic E-state index is 11.5. The van der Waals surface area contributed by atoms with Gasteiger partial charge >= 0.3 is 0 Å². The molecule has 6 heteroatoms. The first-order valence-electron chi connectivity index (χ1n) is 4.48. The third-order valence-corrected chi connectivity index (χ3v) is 2.57. The van der Waals surface area contributed by atoms with E-state index in [1.807, 2.05) is 0 Å². The molecule has 1 aromatic rings. The molecule has 16 heavy (non-hydrogen) atoms. The SMILES string of the molecule is NCC#Cc1ccc(C(=O)NCC(N)=O)s1. The second-order valence-electron chi connectivity index (χ2n) is 2.82. The lowest BCUT2D eigenvalue weighted by atomic mass is 10.4. The Morgan fingerprint density at radius 3 is 2.81 bits per heavy atom. The Hall–Kier alpha value is -1.84. The van der Waals surface area contributed by atoms with Crippen molar-refractivity contribution in [1.82, 2.24) is 5.32 Å². The molecule has 84 valence electrons. The smallest absolute Gasteiger partial charge is 0.261 e. The van der Waals surface area contributed by atoms with Crippen molar-refractivity contribution in [1.29, 1.82) is 0 Å². The number of nitrogens with two attached hydrogens (primary N) is 2. The first kappa shape index (κ1) is 12.2. The maximum Gasteiger partial charge on any atom is 0.261 e. The van der Waals surface area contributed by atoms with E-state index in [0.29, 0.717) is 4.88 Å². The van der Waals surface area contributed by atoms with Crippen LogP contribution in [0.4, 0.5) is 0 Å². The summed E-state index contributed by atoms with van der Waals surface area (Å²) in [6.45, 7) is 0.113. The van der Waals surface area contributed by atoms with E-state index in [0.717, 1.165) is 4.88 Å². The van der Waals surface area contributed by atoms with Crippen molar-refractivity contribution in [3.05, 3.63) is 21.9 Å². The van der Waals surface area contributed by atoms with Gasteiger partial charge in [-0.05, 0) is 12.1 Å². The van der Waals surface area contributed by atoms with Gasteiger partial charge in [-0.1, -0.05) is 11.8 Å². The highest BCUT2D eigenvalue weighted by Crippen LogP contribution is 2.14. The van der Waals surface area contributed by atoms with Crippen LogP contribution >= 0.6 is 11.3 Å². The van der Waals surface area contributed by atoms with Crippen LogP contribution in [0.5, 0.6) is 0 Å². The predicted molar refractivity (Wildman–Crippen MR) is 61.8 cm³/mol. The van der Waals surface area contributed by atoms with Crippen LogP contribution in [-0.4, -0.2) is 24.9 Å². The Morgan fingerprint density at radius 2 is 2.19 bits per heavy atom. The average Bonchev–Trinajstić information content (AvgIpc) is 2.71. The number of thiophene rings is 1. The molecule has 2 amide bonds. The normalized spacial score (nSPS) is 9.06. The molecule has 0 aliphatic rings. The lowest BCUT2D eigenvalue weighted by Crippen LogP contribution is -2.32. The van der Waals surface area contributed by atoms with Gasteiger partial charge in [0.25, 0.3) is 5.91 Å². The molecule has 0 aliphatic heterocycles. The number of carbonyl (C=O) groups excluding carboxylic acids is 2. The summed E-state index contributed by atoms with van der Waals surface area (Å²) in [5.74, 6) is 4.60. The molecule has 0 aliphatic carbocycles. The zero-order valence-corrected chi connectivity index (χ0v) is 9.26. The van der Waals surface area contributed by atoms with Gasteiger partial charge in [0.05, 0.1) is 22.8 Å². The van der Waals surface area contributed by atoms with E-state index in [2.05, 4.69) is 17.2 Å². The van der Waals surface area contributed by atoms with Crippen molar-refractivity contribution in [2.75, 3.05) is 13.1 Å². The van der Waals surface area contributed by atoms with Gasteiger partial charge in [-0.25, -0.2) is 0 Å². The van der Waals surface area contributed by atoms with Gasteiger partial charge in [0.2, 0.25) is 5.91 Å². The molecule has 5 nitrogen and oxygen atoms in total. The van der Waals surface area contributed by atoms with Crippen molar-refractivity contribution < 1.29 is 9.59 Å². The number of primary amides is 1. The van der Waals surface area contributed by atoms with Crippen LogP contribution < -0.4 is 16.8 Å². The van der Waals surface area contributed by atoms with Crippen molar-refractivity contribution in [3.8, 4) is 11.8 Å². The van der Waals surface area contributed by atoms with Crippen LogP contribution in [-0.2, 0) is 4.79 Å². The van der Waals surface area contributed by atoms with Crippen LogP contribution in [0.2, 0.25) is 0 Å². The summed E-state index contributed by atoms with van der Waals surface area (Å²) in [4.78, 5) is 23.2. The fourth-order valence-electron chi connectivity index (χ4n) is 0.920. The number of rotatable bonds is 3. The number of hydrogen-bond acceptors (Lipinski definition) is 4. The lowest BCUT2D eigenvalue weighted by Gasteiger charge is -1.98. The number of carbonyl (C=O) groups is 2. The molecule has 0 bridgehead atoms. The van der Waals surface area contributed by atoms with E-state index < -0.39 is 5.91 Å². The van der Waals surface area contributed by atoms with Crippen LogP contribution in [0.3, 0.4) is 0 Å². The molecule has 1 heterocycles. The van der Waals surface area contributed by atoms with Crippen LogP contribution in [0.15, 0.2) is 12.1 Å². The molecular formula is C10H11N3O2S. The molecule has 0 spiro atoms. The van der Waals surface area contributed by atoms with Crippen LogP contribution in [0, 0.1) is 11.8 Å². The van der Waals surface area contributed by atoms with Gasteiger partial charge < -0.3 is 16.8 Å². The van der Waals surface area contributed by atoms with Crippen molar-refractivity contribution in [3.63, 3.8) is 0 Å². The van der Waals surface area contributed by atoms with Gasteiger partial charge in [0.1, 0.15) is 0 Å². The second-order valence-corrected chi connectivity index (χ2v) is 3.90. The highest BCUT2D eigenvalue weighted by Gasteiger charge is 2.08. The highest BCUT2D eigenvalue weighted by atomic mass is 32.1. The van der Waals surface area contributed by atoms with Crippen molar-refractivity contribution >= 4 is 23.2 Å². The summed E-state index contributed by atoms with van der Waals surface area (Å²) in [7, 11) is 0. The summed E-state index contributed by atoms with van der Waals surface area (Å²) in [5.41, 5.74) is 10.1. The van der Waals surface area contributed by atoms with E-state index in [1.165, 1.54) is 11.3 Å². The topological polar surface area (TPSA) is 98.2 Å². The van der Waals surface area contributed by atoms with Gasteiger partial charge in [0, 0.05) is 0 Å². The number of nitrogens with one attached hydrogen (secondary N) is 1. The van der Waals surface area contributed by atoms with E-state index >= 15 is 0 Å². The quantitative estimate of drug-likeness (QED) is 0.605. The zero-order valence-electron chi connectivity index (χ0n) is 8.45. The van der Waals surface area contributed by atoms with Gasteiger partial charge in [-0.15, -0.1) is 11.3 Å². The molecule has 5 N–H and O–H groups in total. The monoisotopic (exact) mass is 237 g/mol. The molecule has 1 aromatic heterocycles. The Bertz CT molecular complexity index is 456. The lowest BCUT2D eigenvalue weighted by molar-refractivity contribution is -0.117. The maximum atomic E-state index is 11.5. The number of hydrogen-bond donors (Lipinski definition) is 3. The molecule has 1 rings (SSSR count). The Morgan fingerprint density at radius 1 is 1.44 bits per heavy atom. The Balaban J connectivity index is 2.63.